The molecule has 0 aliphatic rings. The van der Waals surface area contributed by atoms with E-state index in [1.165, 1.54) is 62.8 Å². The van der Waals surface area contributed by atoms with Crippen LogP contribution in [-0.4, -0.2) is 12.6 Å². The molecule has 0 N–H and O–H groups in total. The highest BCUT2D eigenvalue weighted by molar-refractivity contribution is 5.91. The first-order chi connectivity index (χ1) is 14.6. The first-order valence-corrected chi connectivity index (χ1v) is 10.6. The van der Waals surface area contributed by atoms with Crippen molar-refractivity contribution in [2.75, 3.05) is 6.61 Å². The SMILES string of the molecule is CCCCCCCCCCOc1ccc(C(=O)Oc2ccc(C#N)ccc2=O)cc1. The molecule has 2 rings (SSSR count). The van der Waals surface area contributed by atoms with Crippen LogP contribution in [0.4, 0.5) is 0 Å². The Morgan fingerprint density at radius 3 is 2.17 bits per heavy atom. The highest BCUT2D eigenvalue weighted by atomic mass is 16.5. The molecule has 0 amide bonds. The van der Waals surface area contributed by atoms with Crippen molar-refractivity contribution >= 4 is 5.97 Å². The Kier molecular flexibility index (Phi) is 10.2. The second-order valence-electron chi connectivity index (χ2n) is 7.20. The van der Waals surface area contributed by atoms with Crippen molar-refractivity contribution in [2.24, 2.45) is 0 Å². The predicted octanol–water partition coefficient (Wildman–Crippen LogP) is 5.66. The zero-order chi connectivity index (χ0) is 21.6. The number of ether oxygens (including phenoxy) is 2. The Labute approximate surface area is 178 Å². The van der Waals surface area contributed by atoms with Crippen LogP contribution in [0.25, 0.3) is 0 Å². The molecule has 0 saturated heterocycles. The summed E-state index contributed by atoms with van der Waals surface area (Å²) in [5.74, 6) is -0.0493. The number of nitriles is 1. The molecule has 2 aromatic carbocycles. The number of nitrogens with zero attached hydrogens (tertiary/aromatic N) is 1. The standard InChI is InChI=1S/C25H29NO4/c1-2-3-4-5-6-7-8-9-18-29-22-14-12-21(13-15-22)25(28)30-24-17-11-20(19-26)10-16-23(24)27/h10-17H,2-9,18H2,1H3. The van der Waals surface area contributed by atoms with Crippen LogP contribution in [0.5, 0.6) is 11.5 Å². The van der Waals surface area contributed by atoms with Crippen molar-refractivity contribution in [1.29, 1.82) is 5.26 Å². The maximum atomic E-state index is 12.3. The van der Waals surface area contributed by atoms with Gasteiger partial charge >= 0.3 is 5.97 Å². The van der Waals surface area contributed by atoms with Gasteiger partial charge in [-0.15, -0.1) is 0 Å². The predicted molar refractivity (Wildman–Crippen MR) is 117 cm³/mol. The lowest BCUT2D eigenvalue weighted by atomic mass is 10.1. The van der Waals surface area contributed by atoms with Crippen LogP contribution >= 0.6 is 0 Å². The lowest BCUT2D eigenvalue weighted by Crippen LogP contribution is -2.13. The second-order valence-corrected chi connectivity index (χ2v) is 7.20. The number of rotatable bonds is 12. The summed E-state index contributed by atoms with van der Waals surface area (Å²) >= 11 is 0. The summed E-state index contributed by atoms with van der Waals surface area (Å²) in [5.41, 5.74) is 0.170. The number of benzene rings is 1. The smallest absolute Gasteiger partial charge is 0.343 e. The van der Waals surface area contributed by atoms with Gasteiger partial charge in [-0.25, -0.2) is 4.79 Å². The quantitative estimate of drug-likeness (QED) is 0.335. The lowest BCUT2D eigenvalue weighted by molar-refractivity contribution is 0.0733. The van der Waals surface area contributed by atoms with E-state index in [0.717, 1.165) is 12.8 Å². The van der Waals surface area contributed by atoms with E-state index in [1.807, 2.05) is 6.07 Å². The third kappa shape index (κ3) is 8.08. The van der Waals surface area contributed by atoms with Crippen molar-refractivity contribution in [2.45, 2.75) is 58.3 Å². The van der Waals surface area contributed by atoms with Gasteiger partial charge in [-0.1, -0.05) is 51.9 Å². The topological polar surface area (TPSA) is 76.4 Å². The summed E-state index contributed by atoms with van der Waals surface area (Å²) in [7, 11) is 0. The van der Waals surface area contributed by atoms with Crippen LogP contribution < -0.4 is 14.9 Å². The van der Waals surface area contributed by atoms with E-state index in [1.54, 1.807) is 24.3 Å². The monoisotopic (exact) mass is 407 g/mol. The summed E-state index contributed by atoms with van der Waals surface area (Å²) in [6.07, 6.45) is 9.97. The van der Waals surface area contributed by atoms with E-state index in [0.29, 0.717) is 23.5 Å². The van der Waals surface area contributed by atoms with Gasteiger partial charge in [-0.2, -0.15) is 5.26 Å². The Morgan fingerprint density at radius 1 is 0.867 bits per heavy atom. The van der Waals surface area contributed by atoms with Gasteiger partial charge in [0.2, 0.25) is 5.43 Å². The highest BCUT2D eigenvalue weighted by Gasteiger charge is 2.10. The molecule has 0 aromatic heterocycles. The third-order valence-corrected chi connectivity index (χ3v) is 4.76. The summed E-state index contributed by atoms with van der Waals surface area (Å²) < 4.78 is 10.9. The Hall–Kier alpha value is -3.13. The number of hydrogen-bond acceptors (Lipinski definition) is 5. The van der Waals surface area contributed by atoms with Crippen LogP contribution in [0.15, 0.2) is 53.3 Å². The number of carbonyl (C=O) groups is 1. The van der Waals surface area contributed by atoms with Crippen LogP contribution in [0.1, 0.15) is 74.2 Å². The molecular formula is C25H29NO4. The summed E-state index contributed by atoms with van der Waals surface area (Å²) in [6, 6.07) is 14.0. The molecule has 5 heteroatoms. The maximum absolute atomic E-state index is 12.3. The van der Waals surface area contributed by atoms with Crippen molar-refractivity contribution in [3.05, 3.63) is 69.9 Å². The lowest BCUT2D eigenvalue weighted by Gasteiger charge is -2.07. The zero-order valence-corrected chi connectivity index (χ0v) is 17.6. The van der Waals surface area contributed by atoms with E-state index >= 15 is 0 Å². The molecular weight excluding hydrogens is 378 g/mol. The molecule has 5 nitrogen and oxygen atoms in total. The Morgan fingerprint density at radius 2 is 1.50 bits per heavy atom. The van der Waals surface area contributed by atoms with Gasteiger partial charge in [0.05, 0.1) is 23.8 Å². The zero-order valence-electron chi connectivity index (χ0n) is 17.6. The van der Waals surface area contributed by atoms with Crippen molar-refractivity contribution in [3.8, 4) is 17.6 Å². The number of unbranched alkanes of at least 4 members (excludes halogenated alkanes) is 7. The average molecular weight is 408 g/mol. The van der Waals surface area contributed by atoms with E-state index in [4.69, 9.17) is 14.7 Å². The van der Waals surface area contributed by atoms with E-state index in [-0.39, 0.29) is 5.75 Å². The van der Waals surface area contributed by atoms with Crippen molar-refractivity contribution < 1.29 is 14.3 Å². The third-order valence-electron chi connectivity index (χ3n) is 4.76. The van der Waals surface area contributed by atoms with Gasteiger partial charge in [0.25, 0.3) is 0 Å². The molecule has 158 valence electrons. The molecule has 0 saturated carbocycles. The van der Waals surface area contributed by atoms with Crippen LogP contribution in [-0.2, 0) is 0 Å². The Balaban J connectivity index is 1.76. The van der Waals surface area contributed by atoms with Gasteiger partial charge in [0.15, 0.2) is 5.75 Å². The molecule has 30 heavy (non-hydrogen) atoms. The Bertz CT molecular complexity index is 900. The van der Waals surface area contributed by atoms with Crippen LogP contribution in [0.3, 0.4) is 0 Å². The first kappa shape index (κ1) is 23.2. The molecule has 0 heterocycles. The molecule has 0 spiro atoms. The molecule has 0 radical (unpaired) electrons. The second kappa shape index (κ2) is 13.2. The molecule has 0 unspecified atom stereocenters. The average Bonchev–Trinajstić information content (AvgIpc) is 2.94. The highest BCUT2D eigenvalue weighted by Crippen LogP contribution is 2.15. The molecule has 0 bridgehead atoms. The minimum absolute atomic E-state index is 0.114. The number of carbonyl (C=O) groups excluding carboxylic acids is 1. The van der Waals surface area contributed by atoms with Crippen LogP contribution in [0, 0.1) is 11.3 Å². The molecule has 0 fully saturated rings. The largest absolute Gasteiger partial charge is 0.494 e. The fourth-order valence-corrected chi connectivity index (χ4v) is 2.98. The summed E-state index contributed by atoms with van der Waals surface area (Å²) in [5, 5.41) is 8.89. The molecule has 0 atom stereocenters. The normalized spacial score (nSPS) is 10.3. The van der Waals surface area contributed by atoms with Crippen LogP contribution in [0.2, 0.25) is 0 Å². The van der Waals surface area contributed by atoms with E-state index in [2.05, 4.69) is 6.92 Å². The minimum atomic E-state index is -0.633. The van der Waals surface area contributed by atoms with Crippen molar-refractivity contribution in [3.63, 3.8) is 0 Å². The molecule has 2 aromatic rings. The van der Waals surface area contributed by atoms with Gasteiger partial charge < -0.3 is 9.47 Å². The summed E-state index contributed by atoms with van der Waals surface area (Å²) in [4.78, 5) is 24.3. The first-order valence-electron chi connectivity index (χ1n) is 10.6. The fraction of sp³-hybridized carbons (Fsp3) is 0.400. The van der Waals surface area contributed by atoms with Gasteiger partial charge in [-0.05, 0) is 55.0 Å². The van der Waals surface area contributed by atoms with Gasteiger partial charge in [0.1, 0.15) is 5.75 Å². The van der Waals surface area contributed by atoms with Gasteiger partial charge in [0, 0.05) is 0 Å². The summed E-state index contributed by atoms with van der Waals surface area (Å²) in [6.45, 7) is 2.88. The molecule has 0 aliphatic heterocycles. The number of esters is 1. The molecule has 0 aliphatic carbocycles. The number of hydrogen-bond donors (Lipinski definition) is 0. The van der Waals surface area contributed by atoms with Crippen molar-refractivity contribution in [1.82, 2.24) is 0 Å². The van der Waals surface area contributed by atoms with Gasteiger partial charge in [-0.3, -0.25) is 4.79 Å². The maximum Gasteiger partial charge on any atom is 0.343 e. The fourth-order valence-electron chi connectivity index (χ4n) is 2.98. The van der Waals surface area contributed by atoms with E-state index in [9.17, 15) is 9.59 Å². The van der Waals surface area contributed by atoms with E-state index < -0.39 is 11.4 Å². The minimum Gasteiger partial charge on any atom is -0.494 e.